The molecule has 170 valence electrons. The molecule has 3 aromatic heterocycles. The van der Waals surface area contributed by atoms with Gasteiger partial charge in [0.2, 0.25) is 5.13 Å². The zero-order valence-corrected chi connectivity index (χ0v) is 19.4. The van der Waals surface area contributed by atoms with Gasteiger partial charge in [0.1, 0.15) is 5.82 Å². The van der Waals surface area contributed by atoms with E-state index in [0.29, 0.717) is 5.13 Å². The monoisotopic (exact) mass is 477 g/mol. The number of nitrogens with one attached hydrogen (secondary N) is 1. The van der Waals surface area contributed by atoms with Gasteiger partial charge in [-0.1, -0.05) is 48.5 Å². The zero-order valence-electron chi connectivity index (χ0n) is 18.6. The Kier molecular flexibility index (Phi) is 5.52. The first-order valence-corrected chi connectivity index (χ1v) is 12.0. The molecule has 0 radical (unpaired) electrons. The van der Waals surface area contributed by atoms with Crippen LogP contribution in [0.5, 0.6) is 0 Å². The maximum atomic E-state index is 13.2. The highest BCUT2D eigenvalue weighted by atomic mass is 32.1. The van der Waals surface area contributed by atoms with Crippen molar-refractivity contribution < 1.29 is 4.39 Å². The van der Waals surface area contributed by atoms with Crippen molar-refractivity contribution in [1.29, 1.82) is 0 Å². The molecule has 35 heavy (non-hydrogen) atoms. The van der Waals surface area contributed by atoms with Crippen molar-refractivity contribution in [3.05, 3.63) is 114 Å². The number of hydrazone groups is 1. The number of para-hydroxylation sites is 1. The second-order valence-corrected chi connectivity index (χ2v) is 8.99. The van der Waals surface area contributed by atoms with Crippen LogP contribution in [0.25, 0.3) is 33.1 Å². The molecule has 6 rings (SSSR count). The van der Waals surface area contributed by atoms with E-state index in [0.717, 1.165) is 34.4 Å². The van der Waals surface area contributed by atoms with Gasteiger partial charge in [0.15, 0.2) is 0 Å². The Balaban J connectivity index is 1.26. The van der Waals surface area contributed by atoms with Crippen molar-refractivity contribution in [2.45, 2.75) is 6.54 Å². The molecule has 0 aliphatic carbocycles. The molecule has 0 fully saturated rings. The fourth-order valence-corrected chi connectivity index (χ4v) is 4.87. The predicted molar refractivity (Wildman–Crippen MR) is 142 cm³/mol. The topological polar surface area (TPSA) is 55.1 Å². The Morgan fingerprint density at radius 3 is 2.57 bits per heavy atom. The normalized spacial score (nSPS) is 11.6. The molecule has 6 aromatic rings. The van der Waals surface area contributed by atoms with E-state index in [2.05, 4.69) is 79.7 Å². The van der Waals surface area contributed by atoms with Crippen LogP contribution in [0, 0.1) is 5.82 Å². The number of aromatic nitrogens is 3. The van der Waals surface area contributed by atoms with Crippen molar-refractivity contribution in [3.63, 3.8) is 0 Å². The van der Waals surface area contributed by atoms with Gasteiger partial charge < -0.3 is 4.57 Å². The molecule has 0 spiro atoms. The Labute approximate surface area is 205 Å². The molecule has 0 bridgehead atoms. The molecule has 0 amide bonds. The van der Waals surface area contributed by atoms with Gasteiger partial charge in [0.05, 0.1) is 29.3 Å². The van der Waals surface area contributed by atoms with Crippen molar-refractivity contribution in [3.8, 4) is 11.3 Å². The highest BCUT2D eigenvalue weighted by Crippen LogP contribution is 2.30. The number of hydrogen-bond donors (Lipinski definition) is 1. The third-order valence-corrected chi connectivity index (χ3v) is 6.61. The first-order valence-electron chi connectivity index (χ1n) is 11.2. The van der Waals surface area contributed by atoms with Gasteiger partial charge in [-0.15, -0.1) is 11.3 Å². The number of benzene rings is 3. The predicted octanol–water partition coefficient (Wildman–Crippen LogP) is 6.95. The molecule has 0 atom stereocenters. The van der Waals surface area contributed by atoms with Gasteiger partial charge >= 0.3 is 0 Å². The Morgan fingerprint density at radius 2 is 1.71 bits per heavy atom. The second kappa shape index (κ2) is 9.12. The van der Waals surface area contributed by atoms with Crippen LogP contribution in [0.4, 0.5) is 9.52 Å². The Hall–Kier alpha value is -4.36. The van der Waals surface area contributed by atoms with Gasteiger partial charge in [-0.05, 0) is 42.0 Å². The van der Waals surface area contributed by atoms with Crippen LogP contribution in [0.1, 0.15) is 11.3 Å². The molecular formula is C28H20FN5S. The lowest BCUT2D eigenvalue weighted by Crippen LogP contribution is -2.00. The average molecular weight is 478 g/mol. The summed E-state index contributed by atoms with van der Waals surface area (Å²) in [6, 6.07) is 27.2. The third-order valence-electron chi connectivity index (χ3n) is 5.86. The van der Waals surface area contributed by atoms with Gasteiger partial charge in [0, 0.05) is 33.8 Å². The molecule has 5 nitrogen and oxygen atoms in total. The van der Waals surface area contributed by atoms with Crippen LogP contribution in [0.3, 0.4) is 0 Å². The van der Waals surface area contributed by atoms with E-state index in [-0.39, 0.29) is 5.82 Å². The minimum Gasteiger partial charge on any atom is -0.335 e. The minimum atomic E-state index is -0.264. The van der Waals surface area contributed by atoms with Crippen molar-refractivity contribution in [2.24, 2.45) is 5.10 Å². The van der Waals surface area contributed by atoms with Gasteiger partial charge in [-0.25, -0.2) is 9.37 Å². The number of thiazole rings is 1. The molecule has 0 saturated heterocycles. The van der Waals surface area contributed by atoms with Gasteiger partial charge in [-0.2, -0.15) is 5.10 Å². The summed E-state index contributed by atoms with van der Waals surface area (Å²) in [6.45, 7) is 0.780. The fourth-order valence-electron chi connectivity index (χ4n) is 4.20. The summed E-state index contributed by atoms with van der Waals surface area (Å²) in [7, 11) is 0. The quantitative estimate of drug-likeness (QED) is 0.209. The maximum absolute atomic E-state index is 13.2. The number of nitrogens with zero attached hydrogens (tertiary/aromatic N) is 4. The molecule has 1 N–H and O–H groups in total. The SMILES string of the molecule is Fc1ccc(-c2csc(N/N=C/c3cc4c5ccccc5n(Cc5ccccc5)c4cn3)n2)cc1. The highest BCUT2D eigenvalue weighted by Gasteiger charge is 2.12. The van der Waals surface area contributed by atoms with Crippen molar-refractivity contribution in [1.82, 2.24) is 14.5 Å². The summed E-state index contributed by atoms with van der Waals surface area (Å²) in [5.74, 6) is -0.264. The molecule has 0 aliphatic rings. The van der Waals surface area contributed by atoms with Crippen LogP contribution in [0.2, 0.25) is 0 Å². The largest absolute Gasteiger partial charge is 0.335 e. The van der Waals surface area contributed by atoms with Gasteiger partial charge in [0.25, 0.3) is 0 Å². The Morgan fingerprint density at radius 1 is 0.914 bits per heavy atom. The van der Waals surface area contributed by atoms with E-state index >= 15 is 0 Å². The van der Waals surface area contributed by atoms with E-state index in [1.807, 2.05) is 17.6 Å². The first-order chi connectivity index (χ1) is 17.2. The molecular weight excluding hydrogens is 457 g/mol. The smallest absolute Gasteiger partial charge is 0.203 e. The average Bonchev–Trinajstić information content (AvgIpc) is 3.49. The molecule has 0 saturated carbocycles. The summed E-state index contributed by atoms with van der Waals surface area (Å²) in [6.07, 6.45) is 3.61. The summed E-state index contributed by atoms with van der Waals surface area (Å²) in [5, 5.41) is 9.23. The van der Waals surface area contributed by atoms with E-state index in [1.54, 1.807) is 18.3 Å². The van der Waals surface area contributed by atoms with E-state index in [9.17, 15) is 4.39 Å². The van der Waals surface area contributed by atoms with Crippen LogP contribution >= 0.6 is 11.3 Å². The standard InChI is InChI=1S/C28H20FN5S/c29-21-12-10-20(11-13-21)25-18-35-28(32-25)33-31-15-22-14-24-23-8-4-5-9-26(23)34(27(24)16-30-22)17-19-6-2-1-3-7-19/h1-16,18H,17H2,(H,32,33)/b31-15+. The number of rotatable bonds is 6. The Bertz CT molecular complexity index is 1650. The molecule has 3 aromatic carbocycles. The van der Waals surface area contributed by atoms with Crippen LogP contribution in [-0.4, -0.2) is 20.7 Å². The lowest BCUT2D eigenvalue weighted by atomic mass is 10.2. The lowest BCUT2D eigenvalue weighted by molar-refractivity contribution is 0.628. The number of fused-ring (bicyclic) bond motifs is 3. The summed E-state index contributed by atoms with van der Waals surface area (Å²) in [5.41, 5.74) is 8.87. The number of halogens is 1. The number of hydrogen-bond acceptors (Lipinski definition) is 5. The van der Waals surface area contributed by atoms with E-state index in [4.69, 9.17) is 0 Å². The van der Waals surface area contributed by atoms with Crippen LogP contribution in [-0.2, 0) is 6.54 Å². The van der Waals surface area contributed by atoms with E-state index < -0.39 is 0 Å². The van der Waals surface area contributed by atoms with Crippen molar-refractivity contribution >= 4 is 44.5 Å². The first kappa shape index (κ1) is 21.2. The fraction of sp³-hybridized carbons (Fsp3) is 0.0357. The summed E-state index contributed by atoms with van der Waals surface area (Å²) in [4.78, 5) is 9.16. The lowest BCUT2D eigenvalue weighted by Gasteiger charge is -2.07. The molecule has 0 aliphatic heterocycles. The van der Waals surface area contributed by atoms with Gasteiger partial charge in [-0.3, -0.25) is 10.4 Å². The molecule has 0 unspecified atom stereocenters. The zero-order chi connectivity index (χ0) is 23.6. The van der Waals surface area contributed by atoms with Crippen molar-refractivity contribution in [2.75, 3.05) is 5.43 Å². The number of pyridine rings is 1. The van der Waals surface area contributed by atoms with E-state index in [1.165, 1.54) is 39.9 Å². The van der Waals surface area contributed by atoms with Crippen LogP contribution in [0.15, 0.2) is 102 Å². The maximum Gasteiger partial charge on any atom is 0.203 e. The molecule has 7 heteroatoms. The summed E-state index contributed by atoms with van der Waals surface area (Å²) >= 11 is 1.44. The highest BCUT2D eigenvalue weighted by molar-refractivity contribution is 7.14. The second-order valence-electron chi connectivity index (χ2n) is 8.13. The minimum absolute atomic E-state index is 0.264. The number of anilines is 1. The summed E-state index contributed by atoms with van der Waals surface area (Å²) < 4.78 is 15.5. The molecule has 3 heterocycles. The third kappa shape index (κ3) is 4.29. The van der Waals surface area contributed by atoms with Crippen LogP contribution < -0.4 is 5.43 Å².